The summed E-state index contributed by atoms with van der Waals surface area (Å²) in [6.07, 6.45) is 2.03. The first-order chi connectivity index (χ1) is 13.1. The first-order valence-corrected chi connectivity index (χ1v) is 8.97. The molecule has 5 heteroatoms. The highest BCUT2D eigenvalue weighted by Gasteiger charge is 2.22. The Morgan fingerprint density at radius 3 is 2.59 bits per heavy atom. The molecule has 5 nitrogen and oxygen atoms in total. The summed E-state index contributed by atoms with van der Waals surface area (Å²) in [6.45, 7) is 4.01. The standard InChI is InChI=1S/C22H21N3O2/c1-14-21(15(2)27-25-14)22(26)24-12-18(16-8-4-3-5-9-16)19-13-23-20-11-7-6-10-17(19)20/h3-11,13,18,23H,12H2,1-2H3,(H,24,26)/t18-/m1/s1. The lowest BCUT2D eigenvalue weighted by Gasteiger charge is -2.18. The molecule has 0 bridgehead atoms. The lowest BCUT2D eigenvalue weighted by Crippen LogP contribution is -2.29. The summed E-state index contributed by atoms with van der Waals surface area (Å²) >= 11 is 0. The predicted octanol–water partition coefficient (Wildman–Crippen LogP) is 4.33. The fourth-order valence-electron chi connectivity index (χ4n) is 3.57. The fourth-order valence-corrected chi connectivity index (χ4v) is 3.57. The number of aryl methyl sites for hydroxylation is 2. The van der Waals surface area contributed by atoms with E-state index in [1.54, 1.807) is 13.8 Å². The maximum Gasteiger partial charge on any atom is 0.256 e. The van der Waals surface area contributed by atoms with Gasteiger partial charge in [0.05, 0.1) is 5.69 Å². The Balaban J connectivity index is 1.66. The maximum absolute atomic E-state index is 12.7. The molecule has 136 valence electrons. The van der Waals surface area contributed by atoms with Crippen LogP contribution in [-0.4, -0.2) is 22.6 Å². The topological polar surface area (TPSA) is 70.9 Å². The normalized spacial score (nSPS) is 12.2. The van der Waals surface area contributed by atoms with E-state index in [2.05, 4.69) is 39.7 Å². The van der Waals surface area contributed by atoms with E-state index in [9.17, 15) is 4.79 Å². The second-order valence-corrected chi connectivity index (χ2v) is 6.66. The van der Waals surface area contributed by atoms with Crippen molar-refractivity contribution in [3.05, 3.63) is 88.9 Å². The van der Waals surface area contributed by atoms with Crippen molar-refractivity contribution in [3.8, 4) is 0 Å². The molecule has 0 saturated carbocycles. The van der Waals surface area contributed by atoms with Crippen molar-refractivity contribution < 1.29 is 9.32 Å². The van der Waals surface area contributed by atoms with E-state index in [4.69, 9.17) is 4.52 Å². The van der Waals surface area contributed by atoms with Gasteiger partial charge in [-0.2, -0.15) is 0 Å². The van der Waals surface area contributed by atoms with Crippen LogP contribution in [-0.2, 0) is 0 Å². The molecule has 0 radical (unpaired) electrons. The number of hydrogen-bond acceptors (Lipinski definition) is 3. The first-order valence-electron chi connectivity index (χ1n) is 8.97. The second-order valence-electron chi connectivity index (χ2n) is 6.66. The summed E-state index contributed by atoms with van der Waals surface area (Å²) < 4.78 is 5.12. The number of H-pyrrole nitrogens is 1. The van der Waals surface area contributed by atoms with Gasteiger partial charge in [-0.1, -0.05) is 53.7 Å². The quantitative estimate of drug-likeness (QED) is 0.557. The molecule has 2 heterocycles. The van der Waals surface area contributed by atoms with Gasteiger partial charge in [0, 0.05) is 29.6 Å². The van der Waals surface area contributed by atoms with E-state index < -0.39 is 0 Å². The Bertz CT molecular complexity index is 1060. The number of benzene rings is 2. The zero-order valence-electron chi connectivity index (χ0n) is 15.3. The highest BCUT2D eigenvalue weighted by molar-refractivity contribution is 5.96. The van der Waals surface area contributed by atoms with Crippen molar-refractivity contribution in [1.29, 1.82) is 0 Å². The van der Waals surface area contributed by atoms with Crippen LogP contribution in [0.2, 0.25) is 0 Å². The number of para-hydroxylation sites is 1. The highest BCUT2D eigenvalue weighted by atomic mass is 16.5. The molecule has 2 N–H and O–H groups in total. The van der Waals surface area contributed by atoms with E-state index in [0.29, 0.717) is 23.6 Å². The molecule has 0 aliphatic rings. The van der Waals surface area contributed by atoms with Gasteiger partial charge in [-0.15, -0.1) is 0 Å². The third kappa shape index (κ3) is 3.24. The largest absolute Gasteiger partial charge is 0.361 e. The Kier molecular flexibility index (Phi) is 4.50. The van der Waals surface area contributed by atoms with Crippen molar-refractivity contribution in [3.63, 3.8) is 0 Å². The number of carbonyl (C=O) groups excluding carboxylic acids is 1. The van der Waals surface area contributed by atoms with Gasteiger partial charge in [-0.05, 0) is 31.0 Å². The van der Waals surface area contributed by atoms with E-state index in [1.807, 2.05) is 36.5 Å². The van der Waals surface area contributed by atoms with Gasteiger partial charge in [-0.3, -0.25) is 4.79 Å². The molecule has 1 amide bonds. The molecule has 0 fully saturated rings. The monoisotopic (exact) mass is 359 g/mol. The van der Waals surface area contributed by atoms with Crippen molar-refractivity contribution in [2.75, 3.05) is 6.54 Å². The molecular formula is C22H21N3O2. The van der Waals surface area contributed by atoms with Crippen LogP contribution < -0.4 is 5.32 Å². The van der Waals surface area contributed by atoms with Crippen LogP contribution in [0.5, 0.6) is 0 Å². The van der Waals surface area contributed by atoms with Gasteiger partial charge in [-0.25, -0.2) is 0 Å². The van der Waals surface area contributed by atoms with Gasteiger partial charge in [0.2, 0.25) is 0 Å². The van der Waals surface area contributed by atoms with Crippen LogP contribution in [0.3, 0.4) is 0 Å². The van der Waals surface area contributed by atoms with Gasteiger partial charge in [0.1, 0.15) is 11.3 Å². The summed E-state index contributed by atoms with van der Waals surface area (Å²) in [5, 5.41) is 8.10. The zero-order valence-corrected chi connectivity index (χ0v) is 15.3. The number of rotatable bonds is 5. The Morgan fingerprint density at radius 2 is 1.85 bits per heavy atom. The van der Waals surface area contributed by atoms with Crippen LogP contribution >= 0.6 is 0 Å². The number of carbonyl (C=O) groups is 1. The molecule has 1 atom stereocenters. The minimum absolute atomic E-state index is 0.0340. The molecule has 0 aliphatic heterocycles. The van der Waals surface area contributed by atoms with Gasteiger partial charge in [0.25, 0.3) is 5.91 Å². The fraction of sp³-hybridized carbons (Fsp3) is 0.182. The number of nitrogens with zero attached hydrogens (tertiary/aromatic N) is 1. The summed E-state index contributed by atoms with van der Waals surface area (Å²) in [6, 6.07) is 18.4. The number of aromatic nitrogens is 2. The molecule has 0 spiro atoms. The third-order valence-corrected chi connectivity index (χ3v) is 4.93. The van der Waals surface area contributed by atoms with Gasteiger partial charge >= 0.3 is 0 Å². The Labute approximate surface area is 157 Å². The van der Waals surface area contributed by atoms with E-state index in [-0.39, 0.29) is 11.8 Å². The number of nitrogens with one attached hydrogen (secondary N) is 2. The number of amides is 1. The summed E-state index contributed by atoms with van der Waals surface area (Å²) in [5.41, 5.74) is 4.52. The lowest BCUT2D eigenvalue weighted by atomic mass is 9.91. The molecule has 0 saturated heterocycles. The van der Waals surface area contributed by atoms with E-state index in [1.165, 1.54) is 0 Å². The zero-order chi connectivity index (χ0) is 18.8. The SMILES string of the molecule is Cc1noc(C)c1C(=O)NC[C@H](c1ccccc1)c1c[nH]c2ccccc12. The minimum Gasteiger partial charge on any atom is -0.361 e. The average molecular weight is 359 g/mol. The van der Waals surface area contributed by atoms with Crippen LogP contribution in [0.25, 0.3) is 10.9 Å². The highest BCUT2D eigenvalue weighted by Crippen LogP contribution is 2.30. The summed E-state index contributed by atoms with van der Waals surface area (Å²) in [7, 11) is 0. The Morgan fingerprint density at radius 1 is 1.11 bits per heavy atom. The maximum atomic E-state index is 12.7. The summed E-state index contributed by atoms with van der Waals surface area (Å²) in [5.74, 6) is 0.409. The van der Waals surface area contributed by atoms with Crippen LogP contribution in [0.4, 0.5) is 0 Å². The number of aromatic amines is 1. The van der Waals surface area contributed by atoms with E-state index >= 15 is 0 Å². The van der Waals surface area contributed by atoms with Crippen molar-refractivity contribution in [2.45, 2.75) is 19.8 Å². The molecule has 27 heavy (non-hydrogen) atoms. The predicted molar refractivity (Wildman–Crippen MR) is 105 cm³/mol. The molecule has 4 rings (SSSR count). The minimum atomic E-state index is -0.160. The lowest BCUT2D eigenvalue weighted by molar-refractivity contribution is 0.0950. The number of hydrogen-bond donors (Lipinski definition) is 2. The number of fused-ring (bicyclic) bond motifs is 1. The smallest absolute Gasteiger partial charge is 0.256 e. The average Bonchev–Trinajstić information content (AvgIpc) is 3.26. The van der Waals surface area contributed by atoms with Gasteiger partial charge in [0.15, 0.2) is 0 Å². The molecule has 0 aliphatic carbocycles. The van der Waals surface area contributed by atoms with Crippen LogP contribution in [0.15, 0.2) is 65.3 Å². The van der Waals surface area contributed by atoms with Crippen LogP contribution in [0.1, 0.15) is 38.9 Å². The Hall–Kier alpha value is -3.34. The van der Waals surface area contributed by atoms with Crippen molar-refractivity contribution in [2.24, 2.45) is 0 Å². The van der Waals surface area contributed by atoms with Crippen molar-refractivity contribution in [1.82, 2.24) is 15.5 Å². The van der Waals surface area contributed by atoms with Crippen molar-refractivity contribution >= 4 is 16.8 Å². The molecule has 4 aromatic rings. The molecular weight excluding hydrogens is 338 g/mol. The third-order valence-electron chi connectivity index (χ3n) is 4.93. The molecule has 2 aromatic carbocycles. The molecule has 2 aromatic heterocycles. The summed E-state index contributed by atoms with van der Waals surface area (Å²) in [4.78, 5) is 16.0. The van der Waals surface area contributed by atoms with Gasteiger partial charge < -0.3 is 14.8 Å². The first kappa shape index (κ1) is 17.1. The van der Waals surface area contributed by atoms with E-state index in [0.717, 1.165) is 22.0 Å². The molecule has 0 unspecified atom stereocenters. The van der Waals surface area contributed by atoms with Crippen LogP contribution in [0, 0.1) is 13.8 Å². The second kappa shape index (κ2) is 7.11.